The first kappa shape index (κ1) is 20.3. The number of nitrogens with two attached hydrogens (primary N) is 1. The summed E-state index contributed by atoms with van der Waals surface area (Å²) < 4.78 is 1.37. The van der Waals surface area contributed by atoms with Gasteiger partial charge < -0.3 is 10.6 Å². The molecule has 0 aliphatic heterocycles. The normalized spacial score (nSPS) is 14.7. The van der Waals surface area contributed by atoms with Crippen LogP contribution in [0.25, 0.3) is 0 Å². The number of aromatic amines is 1. The van der Waals surface area contributed by atoms with Gasteiger partial charge in [0.15, 0.2) is 5.69 Å². The number of carbonyl (C=O) groups excluding carboxylic acids is 1. The Bertz CT molecular complexity index is 716. The number of hydrogen-bond acceptors (Lipinski definition) is 4. The molecule has 1 amide bonds. The van der Waals surface area contributed by atoms with E-state index in [0.717, 1.165) is 19.3 Å². The van der Waals surface area contributed by atoms with Gasteiger partial charge in [-0.15, -0.1) is 0 Å². The highest BCUT2D eigenvalue weighted by molar-refractivity contribution is 5.95. The summed E-state index contributed by atoms with van der Waals surface area (Å²) in [6.45, 7) is 4.82. The first-order valence-electron chi connectivity index (χ1n) is 9.92. The third-order valence-electron chi connectivity index (χ3n) is 5.21. The lowest BCUT2D eigenvalue weighted by Crippen LogP contribution is -2.41. The van der Waals surface area contributed by atoms with Gasteiger partial charge in [-0.1, -0.05) is 46.0 Å². The number of hydrogen-bond donors (Lipinski definition) is 2. The number of amides is 1. The topological polar surface area (TPSA) is 101 Å². The highest BCUT2D eigenvalue weighted by Crippen LogP contribution is 2.29. The minimum atomic E-state index is -0.581. The number of nitrogen functional groups attached to an aromatic ring is 1. The maximum absolute atomic E-state index is 12.8. The smallest absolute Gasteiger partial charge is 0.330 e. The molecule has 0 bridgehead atoms. The van der Waals surface area contributed by atoms with Crippen LogP contribution in [0.2, 0.25) is 0 Å². The number of H-pyrrole nitrogens is 1. The summed E-state index contributed by atoms with van der Waals surface area (Å²) in [5.74, 6) is 0.614. The largest absolute Gasteiger partial charge is 0.383 e. The zero-order valence-corrected chi connectivity index (χ0v) is 16.1. The van der Waals surface area contributed by atoms with E-state index in [4.69, 9.17) is 5.73 Å². The number of nitrogens with one attached hydrogen (secondary N) is 1. The monoisotopic (exact) mass is 364 g/mol. The first-order valence-corrected chi connectivity index (χ1v) is 9.92. The molecule has 7 heteroatoms. The molecule has 0 spiro atoms. The second-order valence-electron chi connectivity index (χ2n) is 7.23. The van der Waals surface area contributed by atoms with Crippen LogP contribution >= 0.6 is 0 Å². The maximum atomic E-state index is 12.8. The van der Waals surface area contributed by atoms with Gasteiger partial charge in [0.1, 0.15) is 5.82 Å². The predicted octanol–water partition coefficient (Wildman–Crippen LogP) is 2.63. The Hall–Kier alpha value is -2.05. The van der Waals surface area contributed by atoms with E-state index in [1.807, 2.05) is 13.8 Å². The van der Waals surface area contributed by atoms with Crippen molar-refractivity contribution >= 4 is 17.4 Å². The van der Waals surface area contributed by atoms with E-state index >= 15 is 0 Å². The molecule has 26 heavy (non-hydrogen) atoms. The summed E-state index contributed by atoms with van der Waals surface area (Å²) in [4.78, 5) is 41.2. The van der Waals surface area contributed by atoms with Gasteiger partial charge in [-0.2, -0.15) is 0 Å². The van der Waals surface area contributed by atoms with Crippen LogP contribution in [0, 0.1) is 5.92 Å². The zero-order chi connectivity index (χ0) is 19.1. The van der Waals surface area contributed by atoms with Gasteiger partial charge in [0, 0.05) is 19.5 Å². The van der Waals surface area contributed by atoms with Crippen LogP contribution in [-0.2, 0) is 11.3 Å². The van der Waals surface area contributed by atoms with Crippen molar-refractivity contribution in [2.45, 2.75) is 78.2 Å². The van der Waals surface area contributed by atoms with Gasteiger partial charge in [-0.05, 0) is 25.2 Å². The van der Waals surface area contributed by atoms with Crippen LogP contribution in [0.4, 0.5) is 11.5 Å². The molecule has 3 N–H and O–H groups in total. The lowest BCUT2D eigenvalue weighted by atomic mass is 10.0. The first-order chi connectivity index (χ1) is 12.5. The van der Waals surface area contributed by atoms with Crippen molar-refractivity contribution in [3.05, 3.63) is 20.8 Å². The van der Waals surface area contributed by atoms with E-state index in [9.17, 15) is 14.4 Å². The number of unbranched alkanes of at least 4 members (excludes halogenated alkanes) is 1. The van der Waals surface area contributed by atoms with Gasteiger partial charge in [-0.25, -0.2) is 4.79 Å². The molecule has 1 aromatic heterocycles. The van der Waals surface area contributed by atoms with Gasteiger partial charge in [0.05, 0.1) is 0 Å². The fourth-order valence-corrected chi connectivity index (χ4v) is 3.72. The van der Waals surface area contributed by atoms with Crippen molar-refractivity contribution in [2.75, 3.05) is 17.2 Å². The van der Waals surface area contributed by atoms with E-state index in [1.54, 1.807) is 0 Å². The van der Waals surface area contributed by atoms with Crippen LogP contribution in [0.5, 0.6) is 0 Å². The summed E-state index contributed by atoms with van der Waals surface area (Å²) in [5, 5.41) is 0. The molecule has 1 aliphatic rings. The van der Waals surface area contributed by atoms with Crippen molar-refractivity contribution in [1.82, 2.24) is 9.55 Å². The van der Waals surface area contributed by atoms with Crippen LogP contribution in [0.1, 0.15) is 71.6 Å². The lowest BCUT2D eigenvalue weighted by molar-refractivity contribution is -0.118. The Morgan fingerprint density at radius 1 is 1.23 bits per heavy atom. The minimum Gasteiger partial charge on any atom is -0.383 e. The average molecular weight is 364 g/mol. The number of rotatable bonds is 9. The van der Waals surface area contributed by atoms with Crippen LogP contribution in [0.3, 0.4) is 0 Å². The standard InChI is InChI=1S/C19H32N4O3/c1-3-5-13-23-17(20)16(18(25)21-19(23)26)22(12-4-2)15(24)11-10-14-8-6-7-9-14/h14H,3-13,20H2,1-2H3,(H,21,25,26). The molecule has 1 aromatic rings. The average Bonchev–Trinajstić information content (AvgIpc) is 3.12. The molecule has 1 fully saturated rings. The molecule has 0 radical (unpaired) electrons. The molecule has 1 aliphatic carbocycles. The van der Waals surface area contributed by atoms with Crippen molar-refractivity contribution in [1.29, 1.82) is 0 Å². The summed E-state index contributed by atoms with van der Waals surface area (Å²) in [6, 6.07) is 0. The van der Waals surface area contributed by atoms with E-state index in [0.29, 0.717) is 31.8 Å². The van der Waals surface area contributed by atoms with E-state index < -0.39 is 11.2 Å². The fraction of sp³-hybridized carbons (Fsp3) is 0.737. The molecule has 0 aromatic carbocycles. The highest BCUT2D eigenvalue weighted by atomic mass is 16.2. The Morgan fingerprint density at radius 2 is 1.92 bits per heavy atom. The molecule has 2 rings (SSSR count). The summed E-state index contributed by atoms with van der Waals surface area (Å²) in [7, 11) is 0. The lowest BCUT2D eigenvalue weighted by Gasteiger charge is -2.24. The maximum Gasteiger partial charge on any atom is 0.330 e. The third-order valence-corrected chi connectivity index (χ3v) is 5.21. The Kier molecular flexibility index (Phi) is 7.48. The Balaban J connectivity index is 2.28. The SMILES string of the molecule is CCCCn1c(N)c(N(CCC)C(=O)CCC2CCCC2)c(=O)[nH]c1=O. The summed E-state index contributed by atoms with van der Waals surface area (Å²) >= 11 is 0. The van der Waals surface area contributed by atoms with E-state index in [1.165, 1.54) is 35.2 Å². The molecule has 0 unspecified atom stereocenters. The van der Waals surface area contributed by atoms with Gasteiger partial charge in [0.2, 0.25) is 5.91 Å². The second kappa shape index (κ2) is 9.59. The highest BCUT2D eigenvalue weighted by Gasteiger charge is 2.24. The quantitative estimate of drug-likeness (QED) is 0.703. The third kappa shape index (κ3) is 4.77. The molecule has 0 saturated heterocycles. The van der Waals surface area contributed by atoms with Gasteiger partial charge in [0.25, 0.3) is 5.56 Å². The summed E-state index contributed by atoms with van der Waals surface area (Å²) in [5.41, 5.74) is 5.19. The second-order valence-corrected chi connectivity index (χ2v) is 7.23. The number of carbonyl (C=O) groups is 1. The number of nitrogens with zero attached hydrogens (tertiary/aromatic N) is 2. The van der Waals surface area contributed by atoms with Crippen molar-refractivity contribution in [3.63, 3.8) is 0 Å². The Morgan fingerprint density at radius 3 is 2.54 bits per heavy atom. The van der Waals surface area contributed by atoms with E-state index in [-0.39, 0.29) is 17.4 Å². The van der Waals surface area contributed by atoms with Crippen molar-refractivity contribution < 1.29 is 4.79 Å². The fourth-order valence-electron chi connectivity index (χ4n) is 3.72. The minimum absolute atomic E-state index is 0.0864. The van der Waals surface area contributed by atoms with Crippen molar-refractivity contribution in [2.24, 2.45) is 5.92 Å². The van der Waals surface area contributed by atoms with Crippen LogP contribution in [-0.4, -0.2) is 22.0 Å². The molecule has 1 heterocycles. The molecule has 0 atom stereocenters. The molecular weight excluding hydrogens is 332 g/mol. The molecular formula is C19H32N4O3. The summed E-state index contributed by atoms with van der Waals surface area (Å²) in [6.07, 6.45) is 8.51. The Labute approximate surface area is 154 Å². The molecule has 146 valence electrons. The molecule has 7 nitrogen and oxygen atoms in total. The van der Waals surface area contributed by atoms with Crippen LogP contribution in [0.15, 0.2) is 9.59 Å². The number of aromatic nitrogens is 2. The predicted molar refractivity (Wildman–Crippen MR) is 104 cm³/mol. The van der Waals surface area contributed by atoms with Gasteiger partial charge in [-0.3, -0.25) is 19.1 Å². The van der Waals surface area contributed by atoms with Crippen LogP contribution < -0.4 is 21.9 Å². The van der Waals surface area contributed by atoms with Gasteiger partial charge >= 0.3 is 5.69 Å². The van der Waals surface area contributed by atoms with Crippen molar-refractivity contribution in [3.8, 4) is 0 Å². The zero-order valence-electron chi connectivity index (χ0n) is 16.1. The number of anilines is 2. The molecule has 1 saturated carbocycles. The van der Waals surface area contributed by atoms with E-state index in [2.05, 4.69) is 4.98 Å².